The van der Waals surface area contributed by atoms with E-state index in [1.807, 2.05) is 43.3 Å². The molecule has 43 heavy (non-hydrogen) atoms. The van der Waals surface area contributed by atoms with Gasteiger partial charge in [-0.1, -0.05) is 80.6 Å². The summed E-state index contributed by atoms with van der Waals surface area (Å²) < 4.78 is 14.6. The van der Waals surface area contributed by atoms with Crippen LogP contribution in [0.15, 0.2) is 60.7 Å². The molecule has 1 aliphatic rings. The van der Waals surface area contributed by atoms with Crippen LogP contribution in [0.4, 0.5) is 4.39 Å². The largest absolute Gasteiger partial charge is 0.680 e. The molecule has 1 radical (unpaired) electrons. The number of carbonyl (C=O) groups is 1. The average Bonchev–Trinajstić information content (AvgIpc) is 3.04. The van der Waals surface area contributed by atoms with Crippen molar-refractivity contribution in [2.45, 2.75) is 70.8 Å². The van der Waals surface area contributed by atoms with E-state index >= 15 is 0 Å². The molecule has 1 saturated carbocycles. The Kier molecular flexibility index (Phi) is 26.9. The number of nitrogens with one attached hydrogen (secondary N) is 1. The van der Waals surface area contributed by atoms with E-state index in [4.69, 9.17) is 28.2 Å². The molecule has 0 aromatic heterocycles. The fourth-order valence-electron chi connectivity index (χ4n) is 4.37. The number of rotatable bonds is 7. The molecule has 1 aliphatic carbocycles. The number of hydrogen-bond donors (Lipinski definition) is 4. The number of hydrogen-bond acceptors (Lipinski definition) is 5. The third-order valence-electron chi connectivity index (χ3n) is 6.40. The molecule has 2 atom stereocenters. The first-order valence-electron chi connectivity index (χ1n) is 14.4. The molecule has 6 nitrogen and oxygen atoms in total. The Morgan fingerprint density at radius 1 is 1.02 bits per heavy atom. The molecule has 1 unspecified atom stereocenters. The summed E-state index contributed by atoms with van der Waals surface area (Å²) in [5.41, 5.74) is 18.5. The van der Waals surface area contributed by atoms with Crippen molar-refractivity contribution in [3.8, 4) is 16.9 Å². The van der Waals surface area contributed by atoms with Gasteiger partial charge in [-0.05, 0) is 55.8 Å². The standard InChI is InChI=1S/C21H17ClFNO2.C6H11.C5H12O.CH5N.CH4N.Y/c22-18-8-6-14(17(11-24)13-4-2-1-3-5-13)10-16(18)20-15(12-25)7-9-19(26)21(20)23;1-2-4-6-5-3-1;1-3-4-5(2)6;2*1-2;/h1-10,12,17,26H,11,24H2;1H,2-6H2;5-6H,3-4H2,1-2H3;2H2,1H3;2H,1H3;/q;-1;;;-1;/t;;5-;;;/m..1.../s1. The summed E-state index contributed by atoms with van der Waals surface area (Å²) in [6.07, 6.45) is 11.9. The minimum atomic E-state index is -0.877. The van der Waals surface area contributed by atoms with Gasteiger partial charge in [0.2, 0.25) is 0 Å². The van der Waals surface area contributed by atoms with E-state index in [1.165, 1.54) is 52.3 Å². The van der Waals surface area contributed by atoms with Crippen LogP contribution in [0, 0.1) is 12.2 Å². The second-order valence-corrected chi connectivity index (χ2v) is 9.89. The normalized spacial score (nSPS) is 12.9. The number of halogens is 2. The van der Waals surface area contributed by atoms with Crippen LogP contribution >= 0.6 is 11.6 Å². The van der Waals surface area contributed by atoms with Crippen molar-refractivity contribution in [3.63, 3.8) is 0 Å². The smallest absolute Gasteiger partial charge is 0.173 e. The second kappa shape index (κ2) is 26.7. The minimum absolute atomic E-state index is 0. The van der Waals surface area contributed by atoms with Gasteiger partial charge in [0.25, 0.3) is 0 Å². The van der Waals surface area contributed by atoms with Crippen molar-refractivity contribution in [1.82, 2.24) is 0 Å². The van der Waals surface area contributed by atoms with E-state index in [2.05, 4.69) is 19.1 Å². The van der Waals surface area contributed by atoms with E-state index in [1.54, 1.807) is 12.1 Å². The number of nitrogens with two attached hydrogens (primary N) is 2. The van der Waals surface area contributed by atoms with Crippen molar-refractivity contribution in [2.24, 2.45) is 11.5 Å². The van der Waals surface area contributed by atoms with E-state index in [9.17, 15) is 14.3 Å². The summed E-state index contributed by atoms with van der Waals surface area (Å²) in [6, 6.07) is 17.4. The first-order valence-corrected chi connectivity index (χ1v) is 14.8. The van der Waals surface area contributed by atoms with Crippen LogP contribution in [0.3, 0.4) is 0 Å². The maximum Gasteiger partial charge on any atom is 0.173 e. The van der Waals surface area contributed by atoms with Crippen LogP contribution < -0.4 is 11.5 Å². The van der Waals surface area contributed by atoms with Gasteiger partial charge >= 0.3 is 0 Å². The van der Waals surface area contributed by atoms with E-state index in [0.29, 0.717) is 18.4 Å². The molecule has 0 aliphatic heterocycles. The van der Waals surface area contributed by atoms with Crippen LogP contribution in [-0.2, 0) is 32.7 Å². The maximum atomic E-state index is 14.6. The van der Waals surface area contributed by atoms with Gasteiger partial charge in [-0.25, -0.2) is 4.39 Å². The van der Waals surface area contributed by atoms with Crippen LogP contribution in [0.2, 0.25) is 5.02 Å². The molecule has 7 N–H and O–H groups in total. The van der Waals surface area contributed by atoms with E-state index in [0.717, 1.165) is 30.0 Å². The Morgan fingerprint density at radius 3 is 2.05 bits per heavy atom. The number of aromatic hydroxyl groups is 1. The SMILES string of the molecule is CCC[C@@H](C)O.CN.C[NH-].NCC(c1ccccc1)c1ccc(Cl)c(-c2c(C=O)ccc(O)c2F)c1.[CH-]1CCCCC1.[Y]. The Labute approximate surface area is 288 Å². The molecule has 0 heterocycles. The van der Waals surface area contributed by atoms with Crippen molar-refractivity contribution in [3.05, 3.63) is 100 Å². The zero-order valence-electron chi connectivity index (χ0n) is 26.0. The fourth-order valence-corrected chi connectivity index (χ4v) is 4.58. The topological polar surface area (TPSA) is 133 Å². The molecule has 0 amide bonds. The van der Waals surface area contributed by atoms with Crippen LogP contribution in [-0.4, -0.2) is 43.2 Å². The number of phenolic OH excluding ortho intramolecular Hbond substituents is 1. The molecule has 0 saturated heterocycles. The Hall–Kier alpha value is -1.71. The van der Waals surface area contributed by atoms with Gasteiger partial charge in [0.15, 0.2) is 17.9 Å². The first-order chi connectivity index (χ1) is 20.3. The molecule has 3 aromatic carbocycles. The summed E-state index contributed by atoms with van der Waals surface area (Å²) in [7, 11) is 2.75. The zero-order valence-corrected chi connectivity index (χ0v) is 29.6. The Bertz CT molecular complexity index is 1120. The number of aldehydes is 1. The summed E-state index contributed by atoms with van der Waals surface area (Å²) in [5.74, 6) is -1.52. The number of carbonyl (C=O) groups excluding carboxylic acids is 1. The van der Waals surface area contributed by atoms with Gasteiger partial charge in [-0.15, -0.1) is 0 Å². The second-order valence-electron chi connectivity index (χ2n) is 9.48. The predicted molar refractivity (Wildman–Crippen MR) is 176 cm³/mol. The van der Waals surface area contributed by atoms with Crippen molar-refractivity contribution in [2.75, 3.05) is 20.6 Å². The van der Waals surface area contributed by atoms with Gasteiger partial charge in [0, 0.05) is 66.9 Å². The minimum Gasteiger partial charge on any atom is -0.680 e. The molecule has 9 heteroatoms. The van der Waals surface area contributed by atoms with Gasteiger partial charge in [-0.2, -0.15) is 19.9 Å². The number of aliphatic hydroxyl groups is 1. The van der Waals surface area contributed by atoms with Gasteiger partial charge in [-0.3, -0.25) is 4.79 Å². The average molecular weight is 691 g/mol. The van der Waals surface area contributed by atoms with Crippen LogP contribution in [0.1, 0.15) is 86.2 Å². The quantitative estimate of drug-likeness (QED) is 0.146. The molecule has 0 spiro atoms. The van der Waals surface area contributed by atoms with Gasteiger partial charge in [0.1, 0.15) is 0 Å². The van der Waals surface area contributed by atoms with Crippen LogP contribution in [0.25, 0.3) is 16.9 Å². The molecule has 3 aromatic rings. The summed E-state index contributed by atoms with van der Waals surface area (Å²) >= 11 is 6.28. The van der Waals surface area contributed by atoms with Crippen molar-refractivity contribution < 1.29 is 52.1 Å². The molecule has 1 fully saturated rings. The van der Waals surface area contributed by atoms with Gasteiger partial charge in [0.05, 0.1) is 6.10 Å². The zero-order chi connectivity index (χ0) is 31.9. The monoisotopic (exact) mass is 690 g/mol. The Morgan fingerprint density at radius 2 is 1.63 bits per heavy atom. The van der Waals surface area contributed by atoms with Crippen LogP contribution in [0.5, 0.6) is 5.75 Å². The molecule has 0 bridgehead atoms. The fraction of sp³-hybridized carbons (Fsp3) is 0.412. The van der Waals surface area contributed by atoms with E-state index in [-0.39, 0.29) is 60.9 Å². The third kappa shape index (κ3) is 15.7. The molecule has 4 rings (SSSR count). The maximum absolute atomic E-state index is 14.6. The predicted octanol–water partition coefficient (Wildman–Crippen LogP) is 8.32. The number of benzene rings is 3. The van der Waals surface area contributed by atoms with E-state index < -0.39 is 11.6 Å². The molecular weight excluding hydrogens is 642 g/mol. The number of phenols is 1. The molecular formula is C34H49ClFN3O3Y-2. The van der Waals surface area contributed by atoms with Gasteiger partial charge < -0.3 is 33.8 Å². The summed E-state index contributed by atoms with van der Waals surface area (Å²) in [5, 5.41) is 18.6. The number of aliphatic hydroxyl groups excluding tert-OH is 1. The summed E-state index contributed by atoms with van der Waals surface area (Å²) in [4.78, 5) is 11.4. The summed E-state index contributed by atoms with van der Waals surface area (Å²) in [6.45, 7) is 4.23. The third-order valence-corrected chi connectivity index (χ3v) is 6.73. The van der Waals surface area contributed by atoms with Crippen molar-refractivity contribution in [1.29, 1.82) is 0 Å². The first kappa shape index (κ1) is 43.4. The molecule has 237 valence electrons. The van der Waals surface area contributed by atoms with Crippen molar-refractivity contribution >= 4 is 17.9 Å². The Balaban J connectivity index is 0.